The number of anilines is 1. The van der Waals surface area contributed by atoms with Crippen molar-refractivity contribution in [2.24, 2.45) is 0 Å². The summed E-state index contributed by atoms with van der Waals surface area (Å²) in [5, 5.41) is 11.0. The van der Waals surface area contributed by atoms with E-state index in [-0.39, 0.29) is 0 Å². The lowest BCUT2D eigenvalue weighted by Crippen LogP contribution is -2.08. The van der Waals surface area contributed by atoms with Gasteiger partial charge in [0.05, 0.1) is 0 Å². The van der Waals surface area contributed by atoms with E-state index in [0.29, 0.717) is 22.7 Å². The number of oxazole rings is 1. The predicted molar refractivity (Wildman–Crippen MR) is 71.4 cm³/mol. The smallest absolute Gasteiger partial charge is 0.328 e. The van der Waals surface area contributed by atoms with Crippen molar-refractivity contribution < 1.29 is 19.1 Å². The molecule has 102 valence electrons. The Morgan fingerprint density at radius 2 is 2.15 bits per heavy atom. The molecule has 0 saturated heterocycles. The average molecular weight is 272 g/mol. The van der Waals surface area contributed by atoms with Crippen LogP contribution in [0.25, 0.3) is 11.1 Å². The SMILES string of the molecule is O=C(O)/C=C/C(=O)Nc1ccc2oc(C3CC3)nc2c1. The number of fused-ring (bicyclic) bond motifs is 1. The highest BCUT2D eigenvalue weighted by Gasteiger charge is 2.28. The zero-order valence-electron chi connectivity index (χ0n) is 10.5. The van der Waals surface area contributed by atoms with E-state index in [1.54, 1.807) is 18.2 Å². The molecule has 6 heteroatoms. The Labute approximate surface area is 114 Å². The van der Waals surface area contributed by atoms with Crippen LogP contribution in [0.4, 0.5) is 5.69 Å². The molecule has 2 N–H and O–H groups in total. The van der Waals surface area contributed by atoms with Crippen molar-refractivity contribution in [2.45, 2.75) is 18.8 Å². The first kappa shape index (κ1) is 12.4. The van der Waals surface area contributed by atoms with Gasteiger partial charge in [0.2, 0.25) is 5.91 Å². The van der Waals surface area contributed by atoms with E-state index in [1.807, 2.05) is 0 Å². The summed E-state index contributed by atoms with van der Waals surface area (Å²) in [4.78, 5) is 26.2. The molecule has 6 nitrogen and oxygen atoms in total. The van der Waals surface area contributed by atoms with Gasteiger partial charge in [-0.1, -0.05) is 0 Å². The molecule has 0 bridgehead atoms. The number of carbonyl (C=O) groups is 2. The Balaban J connectivity index is 1.78. The molecule has 2 aromatic rings. The summed E-state index contributed by atoms with van der Waals surface area (Å²) in [6.45, 7) is 0. The third-order valence-corrected chi connectivity index (χ3v) is 2.98. The molecule has 20 heavy (non-hydrogen) atoms. The van der Waals surface area contributed by atoms with Crippen molar-refractivity contribution in [1.29, 1.82) is 0 Å². The second-order valence-electron chi connectivity index (χ2n) is 4.67. The molecule has 1 fully saturated rings. The summed E-state index contributed by atoms with van der Waals surface area (Å²) >= 11 is 0. The molecular weight excluding hydrogens is 260 g/mol. The van der Waals surface area contributed by atoms with Crippen molar-refractivity contribution in [1.82, 2.24) is 4.98 Å². The summed E-state index contributed by atoms with van der Waals surface area (Å²) < 4.78 is 5.62. The third-order valence-electron chi connectivity index (χ3n) is 2.98. The normalized spacial score (nSPS) is 14.8. The quantitative estimate of drug-likeness (QED) is 0.833. The summed E-state index contributed by atoms with van der Waals surface area (Å²) in [6.07, 6.45) is 3.97. The number of hydrogen-bond acceptors (Lipinski definition) is 4. The number of carbonyl (C=O) groups excluding carboxylic acids is 1. The number of carboxylic acid groups (broad SMARTS) is 1. The number of nitrogens with zero attached hydrogens (tertiary/aromatic N) is 1. The lowest BCUT2D eigenvalue weighted by molar-refractivity contribution is -0.131. The van der Waals surface area contributed by atoms with E-state index in [2.05, 4.69) is 10.3 Å². The van der Waals surface area contributed by atoms with Crippen LogP contribution in [0.1, 0.15) is 24.7 Å². The molecular formula is C14H12N2O4. The first-order valence-electron chi connectivity index (χ1n) is 6.24. The third kappa shape index (κ3) is 2.69. The van der Waals surface area contributed by atoms with E-state index >= 15 is 0 Å². The van der Waals surface area contributed by atoms with Crippen molar-refractivity contribution in [3.63, 3.8) is 0 Å². The van der Waals surface area contributed by atoms with Gasteiger partial charge in [0, 0.05) is 23.8 Å². The van der Waals surface area contributed by atoms with Crippen molar-refractivity contribution in [3.05, 3.63) is 36.2 Å². The average Bonchev–Trinajstić information content (AvgIpc) is 3.16. The van der Waals surface area contributed by atoms with Gasteiger partial charge in [-0.05, 0) is 31.0 Å². The van der Waals surface area contributed by atoms with Crippen LogP contribution in [-0.2, 0) is 9.59 Å². The van der Waals surface area contributed by atoms with E-state index in [9.17, 15) is 9.59 Å². The maximum atomic E-state index is 11.5. The number of hydrogen-bond donors (Lipinski definition) is 2. The summed E-state index contributed by atoms with van der Waals surface area (Å²) in [6, 6.07) is 5.14. The number of rotatable bonds is 4. The Morgan fingerprint density at radius 1 is 1.35 bits per heavy atom. The molecule has 0 spiro atoms. The van der Waals surface area contributed by atoms with E-state index in [1.165, 1.54) is 0 Å². The molecule has 1 aromatic carbocycles. The van der Waals surface area contributed by atoms with Crippen LogP contribution in [0.5, 0.6) is 0 Å². The zero-order chi connectivity index (χ0) is 14.1. The molecule has 3 rings (SSSR count). The molecule has 0 aliphatic heterocycles. The highest BCUT2D eigenvalue weighted by Crippen LogP contribution is 2.40. The zero-order valence-corrected chi connectivity index (χ0v) is 10.5. The number of benzene rings is 1. The van der Waals surface area contributed by atoms with E-state index < -0.39 is 11.9 Å². The standard InChI is InChI=1S/C14H12N2O4/c17-12(5-6-13(18)19)15-9-3-4-11-10(7-9)16-14(20-11)8-1-2-8/h3-8H,1-2H2,(H,15,17)(H,18,19)/b6-5+. The van der Waals surface area contributed by atoms with Crippen molar-refractivity contribution >= 4 is 28.7 Å². The number of aliphatic carboxylic acids is 1. The number of nitrogens with one attached hydrogen (secondary N) is 1. The molecule has 1 amide bonds. The minimum atomic E-state index is -1.17. The highest BCUT2D eigenvalue weighted by molar-refractivity contribution is 6.02. The Kier molecular flexibility index (Phi) is 2.98. The second-order valence-corrected chi connectivity index (χ2v) is 4.67. The lowest BCUT2D eigenvalue weighted by Gasteiger charge is -2.00. The molecule has 1 heterocycles. The molecule has 1 aliphatic rings. The summed E-state index contributed by atoms with van der Waals surface area (Å²) in [5.74, 6) is -0.493. The Morgan fingerprint density at radius 3 is 2.85 bits per heavy atom. The van der Waals surface area contributed by atoms with Crippen LogP contribution in [0, 0.1) is 0 Å². The Bertz CT molecular complexity index is 713. The maximum Gasteiger partial charge on any atom is 0.328 e. The maximum absolute atomic E-state index is 11.5. The van der Waals surface area contributed by atoms with Gasteiger partial charge >= 0.3 is 5.97 Å². The fourth-order valence-electron chi connectivity index (χ4n) is 1.86. The second kappa shape index (κ2) is 4.80. The monoisotopic (exact) mass is 272 g/mol. The molecule has 0 atom stereocenters. The van der Waals surface area contributed by atoms with Gasteiger partial charge in [-0.25, -0.2) is 9.78 Å². The van der Waals surface area contributed by atoms with Gasteiger partial charge in [0.15, 0.2) is 11.5 Å². The minimum Gasteiger partial charge on any atom is -0.478 e. The molecule has 1 aromatic heterocycles. The number of carboxylic acids is 1. The van der Waals surface area contributed by atoms with Gasteiger partial charge in [0.1, 0.15) is 5.52 Å². The van der Waals surface area contributed by atoms with Crippen LogP contribution in [0.15, 0.2) is 34.8 Å². The molecule has 1 saturated carbocycles. The van der Waals surface area contributed by atoms with E-state index in [0.717, 1.165) is 30.9 Å². The fourth-order valence-corrected chi connectivity index (χ4v) is 1.86. The van der Waals surface area contributed by atoms with E-state index in [4.69, 9.17) is 9.52 Å². The molecule has 1 aliphatic carbocycles. The van der Waals surface area contributed by atoms with Crippen LogP contribution < -0.4 is 5.32 Å². The largest absolute Gasteiger partial charge is 0.478 e. The van der Waals surface area contributed by atoms with Crippen LogP contribution in [0.2, 0.25) is 0 Å². The van der Waals surface area contributed by atoms with Gasteiger partial charge in [0.25, 0.3) is 0 Å². The molecule has 0 radical (unpaired) electrons. The van der Waals surface area contributed by atoms with Crippen molar-refractivity contribution in [2.75, 3.05) is 5.32 Å². The lowest BCUT2D eigenvalue weighted by atomic mass is 10.3. The van der Waals surface area contributed by atoms with Gasteiger partial charge in [-0.2, -0.15) is 0 Å². The van der Waals surface area contributed by atoms with Crippen LogP contribution in [0.3, 0.4) is 0 Å². The van der Waals surface area contributed by atoms with Crippen molar-refractivity contribution in [3.8, 4) is 0 Å². The summed E-state index contributed by atoms with van der Waals surface area (Å²) in [5.41, 5.74) is 1.92. The predicted octanol–water partition coefficient (Wildman–Crippen LogP) is 2.28. The van der Waals surface area contributed by atoms with Gasteiger partial charge in [-0.15, -0.1) is 0 Å². The van der Waals surface area contributed by atoms with Crippen LogP contribution >= 0.6 is 0 Å². The first-order chi connectivity index (χ1) is 9.61. The Hall–Kier alpha value is -2.63. The highest BCUT2D eigenvalue weighted by atomic mass is 16.4. The topological polar surface area (TPSA) is 92.4 Å². The van der Waals surface area contributed by atoms with Gasteiger partial charge < -0.3 is 14.8 Å². The number of amides is 1. The fraction of sp³-hybridized carbons (Fsp3) is 0.214. The minimum absolute atomic E-state index is 0.430. The summed E-state index contributed by atoms with van der Waals surface area (Å²) in [7, 11) is 0. The van der Waals surface area contributed by atoms with Gasteiger partial charge in [-0.3, -0.25) is 4.79 Å². The first-order valence-corrected chi connectivity index (χ1v) is 6.24. The molecule has 0 unspecified atom stereocenters. The number of aromatic nitrogens is 1. The van der Waals surface area contributed by atoms with Crippen LogP contribution in [-0.4, -0.2) is 22.0 Å².